The molecule has 1 aromatic carbocycles. The van der Waals surface area contributed by atoms with Crippen molar-refractivity contribution >= 4 is 33.4 Å². The molecule has 0 spiro atoms. The second-order valence-electron chi connectivity index (χ2n) is 6.42. The molecule has 1 atom stereocenters. The Morgan fingerprint density at radius 2 is 1.88 bits per heavy atom. The Bertz CT molecular complexity index is 793. The average Bonchev–Trinajstić information content (AvgIpc) is 2.62. The van der Waals surface area contributed by atoms with Gasteiger partial charge >= 0.3 is 0 Å². The van der Waals surface area contributed by atoms with Gasteiger partial charge in [-0.15, -0.1) is 0 Å². The van der Waals surface area contributed by atoms with Crippen molar-refractivity contribution < 1.29 is 22.9 Å². The Balaban J connectivity index is 1.58. The van der Waals surface area contributed by atoms with Gasteiger partial charge in [-0.3, -0.25) is 9.59 Å². The van der Waals surface area contributed by atoms with Crippen LogP contribution >= 0.6 is 11.6 Å². The van der Waals surface area contributed by atoms with E-state index in [1.165, 1.54) is 10.4 Å². The number of sulfonamides is 1. The molecule has 2 aliphatic heterocycles. The molecule has 0 aromatic heterocycles. The number of rotatable bonds is 4. The van der Waals surface area contributed by atoms with Gasteiger partial charge in [0.2, 0.25) is 10.0 Å². The summed E-state index contributed by atoms with van der Waals surface area (Å²) in [7, 11) is -3.67. The Hall–Kier alpha value is -1.68. The van der Waals surface area contributed by atoms with E-state index in [-0.39, 0.29) is 41.4 Å². The van der Waals surface area contributed by atoms with E-state index in [9.17, 15) is 18.0 Å². The average molecular weight is 402 g/mol. The lowest BCUT2D eigenvalue weighted by molar-refractivity contribution is -0.885. The molecule has 1 unspecified atom stereocenters. The molecule has 0 radical (unpaired) electrons. The lowest BCUT2D eigenvalue weighted by Gasteiger charge is -2.34. The smallest absolute Gasteiger partial charge is 0.277 e. The lowest BCUT2D eigenvalue weighted by Crippen LogP contribution is -3.16. The minimum atomic E-state index is -3.67. The van der Waals surface area contributed by atoms with Crippen molar-refractivity contribution in [2.45, 2.75) is 4.90 Å². The quantitative estimate of drug-likeness (QED) is 0.622. The maximum Gasteiger partial charge on any atom is 0.277 e. The molecule has 3 rings (SSSR count). The third-order valence-corrected chi connectivity index (χ3v) is 7.06. The molecule has 26 heavy (non-hydrogen) atoms. The minimum Gasteiger partial charge on any atom is -0.346 e. The first kappa shape index (κ1) is 19.1. The molecule has 0 aliphatic carbocycles. The van der Waals surface area contributed by atoms with Crippen LogP contribution in [0.5, 0.6) is 0 Å². The van der Waals surface area contributed by atoms with Gasteiger partial charge in [-0.2, -0.15) is 4.31 Å². The van der Waals surface area contributed by atoms with E-state index in [0.29, 0.717) is 26.2 Å². The summed E-state index contributed by atoms with van der Waals surface area (Å²) in [6.07, 6.45) is 0. The van der Waals surface area contributed by atoms with E-state index in [0.717, 1.165) is 11.4 Å². The molecule has 2 fully saturated rings. The van der Waals surface area contributed by atoms with Gasteiger partial charge in [0.25, 0.3) is 11.8 Å². The molecule has 8 nitrogen and oxygen atoms in total. The van der Waals surface area contributed by atoms with Crippen molar-refractivity contribution in [3.05, 3.63) is 29.3 Å². The first-order valence-electron chi connectivity index (χ1n) is 8.50. The maximum absolute atomic E-state index is 12.7. The van der Waals surface area contributed by atoms with Crippen LogP contribution in [0.2, 0.25) is 5.02 Å². The number of nitrogens with zero attached hydrogens (tertiary/aromatic N) is 2. The number of amides is 2. The molecule has 0 bridgehead atoms. The van der Waals surface area contributed by atoms with Gasteiger partial charge in [0, 0.05) is 26.2 Å². The summed E-state index contributed by atoms with van der Waals surface area (Å²) in [6.45, 7) is 2.98. The summed E-state index contributed by atoms with van der Waals surface area (Å²) >= 11 is 6.02. The van der Waals surface area contributed by atoms with Gasteiger partial charge in [-0.25, -0.2) is 8.42 Å². The highest BCUT2D eigenvalue weighted by Gasteiger charge is 2.32. The van der Waals surface area contributed by atoms with Crippen LogP contribution in [0.1, 0.15) is 0 Å². The first-order chi connectivity index (χ1) is 12.4. The Morgan fingerprint density at radius 1 is 1.19 bits per heavy atom. The topological polar surface area (TPSA) is 91.2 Å². The summed E-state index contributed by atoms with van der Waals surface area (Å²) in [5, 5.41) is 2.93. The molecule has 2 saturated heterocycles. The van der Waals surface area contributed by atoms with E-state index in [1.54, 1.807) is 23.1 Å². The molecule has 2 heterocycles. The fourth-order valence-electron chi connectivity index (χ4n) is 3.20. The third-order valence-electron chi connectivity index (χ3n) is 4.66. The summed E-state index contributed by atoms with van der Waals surface area (Å²) in [5.74, 6) is -0.0980. The summed E-state index contributed by atoms with van der Waals surface area (Å²) < 4.78 is 26.8. The van der Waals surface area contributed by atoms with Crippen LogP contribution in [0.4, 0.5) is 0 Å². The number of nitrogens with one attached hydrogen (secondary N) is 2. The number of hydrogen-bond acceptors (Lipinski definition) is 4. The lowest BCUT2D eigenvalue weighted by atomic mass is 10.3. The highest BCUT2D eigenvalue weighted by molar-refractivity contribution is 7.89. The number of piperazine rings is 2. The van der Waals surface area contributed by atoms with Gasteiger partial charge in [0.1, 0.15) is 4.90 Å². The van der Waals surface area contributed by atoms with Crippen molar-refractivity contribution in [1.29, 1.82) is 0 Å². The van der Waals surface area contributed by atoms with E-state index >= 15 is 0 Å². The van der Waals surface area contributed by atoms with Gasteiger partial charge in [-0.05, 0) is 12.1 Å². The monoisotopic (exact) mass is 401 g/mol. The zero-order chi connectivity index (χ0) is 18.7. The zero-order valence-corrected chi connectivity index (χ0v) is 15.9. The number of benzene rings is 1. The number of hydrogen-bond donors (Lipinski definition) is 2. The highest BCUT2D eigenvalue weighted by Crippen LogP contribution is 2.24. The largest absolute Gasteiger partial charge is 0.346 e. The second-order valence-corrected chi connectivity index (χ2v) is 8.73. The molecule has 1 aromatic rings. The van der Waals surface area contributed by atoms with E-state index in [1.807, 2.05) is 0 Å². The molecular formula is C16H22ClN4O4S+. The number of halogens is 1. The Morgan fingerprint density at radius 3 is 2.54 bits per heavy atom. The predicted molar refractivity (Wildman–Crippen MR) is 95.4 cm³/mol. The van der Waals surface area contributed by atoms with E-state index in [4.69, 9.17) is 11.6 Å². The molecule has 2 aliphatic rings. The molecule has 142 valence electrons. The number of carbonyl (C=O) groups is 2. The SMILES string of the molecule is O=C1C[NH+](CC(=O)N2CCN(S(=O)(=O)c3ccccc3Cl)CC2)CCN1. The normalized spacial score (nSPS) is 22.1. The van der Waals surface area contributed by atoms with Crippen LogP contribution in [-0.4, -0.2) is 81.8 Å². The molecule has 2 N–H and O–H groups in total. The molecular weight excluding hydrogens is 380 g/mol. The number of carbonyl (C=O) groups excluding carboxylic acids is 2. The van der Waals surface area contributed by atoms with Crippen LogP contribution in [0, 0.1) is 0 Å². The van der Waals surface area contributed by atoms with Crippen LogP contribution in [-0.2, 0) is 19.6 Å². The predicted octanol–water partition coefficient (Wildman–Crippen LogP) is -1.81. The first-order valence-corrected chi connectivity index (χ1v) is 10.3. The highest BCUT2D eigenvalue weighted by atomic mass is 35.5. The van der Waals surface area contributed by atoms with Crippen molar-refractivity contribution in [2.24, 2.45) is 0 Å². The van der Waals surface area contributed by atoms with Crippen LogP contribution in [0.25, 0.3) is 0 Å². The van der Waals surface area contributed by atoms with Crippen LogP contribution in [0.3, 0.4) is 0 Å². The molecule has 10 heteroatoms. The standard InChI is InChI=1S/C16H21ClN4O4S/c17-13-3-1-2-4-14(13)26(24,25)21-9-7-20(8-10-21)16(23)12-19-6-5-18-15(22)11-19/h1-4H,5-12H2,(H,18,22)/p+1. The third kappa shape index (κ3) is 4.17. The van der Waals surface area contributed by atoms with Crippen molar-refractivity contribution in [1.82, 2.24) is 14.5 Å². The summed E-state index contributed by atoms with van der Waals surface area (Å²) in [4.78, 5) is 26.5. The van der Waals surface area contributed by atoms with Gasteiger partial charge < -0.3 is 15.1 Å². The van der Waals surface area contributed by atoms with Crippen molar-refractivity contribution in [3.63, 3.8) is 0 Å². The fraction of sp³-hybridized carbons (Fsp3) is 0.500. The maximum atomic E-state index is 12.7. The summed E-state index contributed by atoms with van der Waals surface area (Å²) in [6, 6.07) is 6.35. The minimum absolute atomic E-state index is 0.0466. The van der Waals surface area contributed by atoms with E-state index in [2.05, 4.69) is 5.32 Å². The van der Waals surface area contributed by atoms with Gasteiger partial charge in [-0.1, -0.05) is 23.7 Å². The zero-order valence-electron chi connectivity index (χ0n) is 14.3. The second kappa shape index (κ2) is 7.91. The summed E-state index contributed by atoms with van der Waals surface area (Å²) in [5.41, 5.74) is 0. The fourth-order valence-corrected chi connectivity index (χ4v) is 5.12. The number of quaternary nitrogens is 1. The van der Waals surface area contributed by atoms with Crippen LogP contribution < -0.4 is 10.2 Å². The van der Waals surface area contributed by atoms with Crippen LogP contribution in [0.15, 0.2) is 29.2 Å². The Labute approximate surface area is 157 Å². The van der Waals surface area contributed by atoms with E-state index < -0.39 is 10.0 Å². The van der Waals surface area contributed by atoms with Crippen molar-refractivity contribution in [3.8, 4) is 0 Å². The Kier molecular flexibility index (Phi) is 5.81. The van der Waals surface area contributed by atoms with Gasteiger partial charge in [0.15, 0.2) is 13.1 Å². The molecule has 2 amide bonds. The molecule has 0 saturated carbocycles. The van der Waals surface area contributed by atoms with Gasteiger partial charge in [0.05, 0.1) is 18.1 Å². The van der Waals surface area contributed by atoms with Crippen molar-refractivity contribution in [2.75, 3.05) is 52.4 Å².